The highest BCUT2D eigenvalue weighted by Crippen LogP contribution is 2.31. The van der Waals surface area contributed by atoms with Crippen molar-refractivity contribution in [3.63, 3.8) is 0 Å². The van der Waals surface area contributed by atoms with Crippen molar-refractivity contribution < 1.29 is 13.2 Å². The van der Waals surface area contributed by atoms with Crippen molar-refractivity contribution in [2.75, 3.05) is 49.3 Å². The molecule has 0 unspecified atom stereocenters. The van der Waals surface area contributed by atoms with E-state index >= 15 is 0 Å². The van der Waals surface area contributed by atoms with Crippen LogP contribution in [-0.4, -0.2) is 61.8 Å². The van der Waals surface area contributed by atoms with E-state index in [1.807, 2.05) is 30.3 Å². The number of hydrogen-bond donors (Lipinski definition) is 3. The molecule has 6 nitrogen and oxygen atoms in total. The minimum atomic E-state index is -4.36. The molecule has 0 atom stereocenters. The Hall–Kier alpha value is -3.64. The maximum absolute atomic E-state index is 13.4. The Bertz CT molecular complexity index is 1240. The van der Waals surface area contributed by atoms with Crippen LogP contribution < -0.4 is 15.5 Å². The number of rotatable bonds is 7. The number of alkyl halides is 3. The van der Waals surface area contributed by atoms with Crippen molar-refractivity contribution in [1.29, 1.82) is 5.41 Å². The predicted octanol–water partition coefficient (Wildman–Crippen LogP) is 5.22. The van der Waals surface area contributed by atoms with E-state index in [-0.39, 0.29) is 6.54 Å². The zero-order valence-electron chi connectivity index (χ0n) is 20.5. The Labute approximate surface area is 209 Å². The Morgan fingerprint density at radius 1 is 1.14 bits per heavy atom. The van der Waals surface area contributed by atoms with E-state index in [1.54, 1.807) is 30.1 Å². The minimum absolute atomic E-state index is 0.286. The predicted molar refractivity (Wildman–Crippen MR) is 141 cm³/mol. The highest BCUT2D eigenvalue weighted by Gasteiger charge is 2.30. The summed E-state index contributed by atoms with van der Waals surface area (Å²) in [5.41, 5.74) is 3.42. The second kappa shape index (κ2) is 11.0. The van der Waals surface area contributed by atoms with Gasteiger partial charge in [-0.3, -0.25) is 5.41 Å². The molecule has 0 bridgehead atoms. The van der Waals surface area contributed by atoms with Gasteiger partial charge in [0.25, 0.3) is 0 Å². The number of likely N-dealkylation sites (tertiary alicyclic amines) is 1. The van der Waals surface area contributed by atoms with Crippen LogP contribution in [0.15, 0.2) is 48.5 Å². The van der Waals surface area contributed by atoms with E-state index < -0.39 is 12.7 Å². The second-order valence-electron chi connectivity index (χ2n) is 9.13. The molecule has 1 saturated heterocycles. The number of halogens is 3. The van der Waals surface area contributed by atoms with Gasteiger partial charge in [-0.15, -0.1) is 0 Å². The monoisotopic (exact) mass is 496 g/mol. The lowest BCUT2D eigenvalue weighted by Gasteiger charge is -2.30. The summed E-state index contributed by atoms with van der Waals surface area (Å²) in [6.45, 7) is 1.19. The third-order valence-electron chi connectivity index (χ3n) is 6.43. The van der Waals surface area contributed by atoms with Crippen molar-refractivity contribution >= 4 is 34.3 Å². The number of nitrogens with one attached hydrogen (secondary N) is 3. The Morgan fingerprint density at radius 3 is 2.53 bits per heavy atom. The summed E-state index contributed by atoms with van der Waals surface area (Å²) >= 11 is 0. The molecule has 1 aliphatic rings. The van der Waals surface area contributed by atoms with Crippen LogP contribution in [0.5, 0.6) is 0 Å². The van der Waals surface area contributed by atoms with E-state index in [2.05, 4.69) is 34.4 Å². The van der Waals surface area contributed by atoms with Gasteiger partial charge in [-0.2, -0.15) is 13.2 Å². The van der Waals surface area contributed by atoms with Crippen LogP contribution in [0.1, 0.15) is 18.5 Å². The van der Waals surface area contributed by atoms with Crippen molar-refractivity contribution in [3.8, 4) is 11.8 Å². The van der Waals surface area contributed by atoms with Gasteiger partial charge in [0.1, 0.15) is 6.54 Å². The first-order valence-electron chi connectivity index (χ1n) is 11.9. The summed E-state index contributed by atoms with van der Waals surface area (Å²) in [6, 6.07) is 15.0. The van der Waals surface area contributed by atoms with Crippen molar-refractivity contribution in [3.05, 3.63) is 54.2 Å². The van der Waals surface area contributed by atoms with Crippen LogP contribution in [-0.2, 0) is 6.54 Å². The smallest absolute Gasteiger partial charge is 0.382 e. The highest BCUT2D eigenvalue weighted by molar-refractivity contribution is 5.94. The highest BCUT2D eigenvalue weighted by atomic mass is 19.4. The molecule has 2 heterocycles. The normalized spacial score (nSPS) is 14.8. The van der Waals surface area contributed by atoms with Gasteiger partial charge in [0.15, 0.2) is 0 Å². The Balaban J connectivity index is 1.54. The molecule has 0 radical (unpaired) electrons. The summed E-state index contributed by atoms with van der Waals surface area (Å²) in [4.78, 5) is 3.96. The lowest BCUT2D eigenvalue weighted by molar-refractivity contribution is -0.140. The molecule has 3 aromatic rings. The van der Waals surface area contributed by atoms with Crippen molar-refractivity contribution in [1.82, 2.24) is 9.47 Å². The summed E-state index contributed by atoms with van der Waals surface area (Å²) < 4.78 is 41.6. The number of aromatic nitrogens is 1. The average Bonchev–Trinajstić information content (AvgIpc) is 3.20. The van der Waals surface area contributed by atoms with E-state index in [0.29, 0.717) is 17.3 Å². The number of anilines is 3. The molecular formula is C27H31F3N6. The molecule has 9 heteroatoms. The van der Waals surface area contributed by atoms with E-state index in [4.69, 9.17) is 5.41 Å². The fraction of sp³-hybridized carbons (Fsp3) is 0.370. The van der Waals surface area contributed by atoms with Gasteiger partial charge < -0.3 is 25.0 Å². The molecule has 0 aliphatic carbocycles. The topological polar surface area (TPSA) is 59.3 Å². The van der Waals surface area contributed by atoms with Gasteiger partial charge in [0.2, 0.25) is 0 Å². The number of piperidine rings is 1. The van der Waals surface area contributed by atoms with Crippen molar-refractivity contribution in [2.45, 2.75) is 31.6 Å². The number of nitrogens with zero attached hydrogens (tertiary/aromatic N) is 3. The molecule has 36 heavy (non-hydrogen) atoms. The zero-order chi connectivity index (χ0) is 25.7. The van der Waals surface area contributed by atoms with Crippen LogP contribution in [0.4, 0.5) is 30.2 Å². The summed E-state index contributed by atoms with van der Waals surface area (Å²) in [6.07, 6.45) is -1.15. The van der Waals surface area contributed by atoms with E-state index in [0.717, 1.165) is 48.4 Å². The molecular weight excluding hydrogens is 465 g/mol. The SMILES string of the molecule is CN1CCC(Nc2cccc3c2cc(C#CCNc2ccc(N(C)C=N)cc2)n3CC(F)(F)F)CC1. The van der Waals surface area contributed by atoms with Gasteiger partial charge in [-0.25, -0.2) is 0 Å². The molecule has 0 saturated carbocycles. The molecule has 2 aromatic carbocycles. The zero-order valence-corrected chi connectivity index (χ0v) is 20.5. The van der Waals surface area contributed by atoms with Gasteiger partial charge >= 0.3 is 6.18 Å². The molecule has 0 amide bonds. The Kier molecular flexibility index (Phi) is 7.75. The fourth-order valence-electron chi connectivity index (χ4n) is 4.41. The van der Waals surface area contributed by atoms with Crippen molar-refractivity contribution in [2.24, 2.45) is 0 Å². The van der Waals surface area contributed by atoms with Crippen LogP contribution in [0.3, 0.4) is 0 Å². The Morgan fingerprint density at radius 2 is 1.86 bits per heavy atom. The summed E-state index contributed by atoms with van der Waals surface area (Å²) in [5.74, 6) is 5.92. The standard InChI is InChI=1S/C27H31F3N6/c1-34-15-12-21(13-16-34)33-25-6-3-7-26-24(25)17-23(36(26)18-27(28,29)30)5-4-14-32-20-8-10-22(11-9-20)35(2)19-31/h3,6-11,17,19,21,31-33H,12-16,18H2,1-2H3. The van der Waals surface area contributed by atoms with Crippen LogP contribution in [0.25, 0.3) is 10.9 Å². The lowest BCUT2D eigenvalue weighted by atomic mass is 10.0. The van der Waals surface area contributed by atoms with Crippen LogP contribution in [0, 0.1) is 17.3 Å². The first-order chi connectivity index (χ1) is 17.2. The van der Waals surface area contributed by atoms with Gasteiger partial charge in [0.05, 0.1) is 24.1 Å². The third-order valence-corrected chi connectivity index (χ3v) is 6.43. The molecule has 0 spiro atoms. The largest absolute Gasteiger partial charge is 0.406 e. The summed E-state index contributed by atoms with van der Waals surface area (Å²) in [7, 11) is 3.88. The maximum atomic E-state index is 13.4. The summed E-state index contributed by atoms with van der Waals surface area (Å²) in [5, 5.41) is 14.8. The van der Waals surface area contributed by atoms with Crippen LogP contribution >= 0.6 is 0 Å². The fourth-order valence-corrected chi connectivity index (χ4v) is 4.41. The molecule has 1 fully saturated rings. The molecule has 190 valence electrons. The molecule has 3 N–H and O–H groups in total. The lowest BCUT2D eigenvalue weighted by Crippen LogP contribution is -2.36. The molecule has 1 aromatic heterocycles. The number of hydrogen-bond acceptors (Lipinski definition) is 4. The van der Waals surface area contributed by atoms with E-state index in [9.17, 15) is 13.2 Å². The van der Waals surface area contributed by atoms with Gasteiger partial charge in [0, 0.05) is 35.5 Å². The molecule has 1 aliphatic heterocycles. The quantitative estimate of drug-likeness (QED) is 0.239. The first-order valence-corrected chi connectivity index (χ1v) is 11.9. The number of benzene rings is 2. The first kappa shape index (κ1) is 25.5. The minimum Gasteiger partial charge on any atom is -0.382 e. The molecule has 4 rings (SSSR count). The maximum Gasteiger partial charge on any atom is 0.406 e. The van der Waals surface area contributed by atoms with Gasteiger partial charge in [-0.1, -0.05) is 12.0 Å². The van der Waals surface area contributed by atoms with Crippen LogP contribution in [0.2, 0.25) is 0 Å². The number of fused-ring (bicyclic) bond motifs is 1. The average molecular weight is 497 g/mol. The third kappa shape index (κ3) is 6.32. The van der Waals surface area contributed by atoms with E-state index in [1.165, 1.54) is 10.9 Å². The van der Waals surface area contributed by atoms with Gasteiger partial charge in [-0.05, 0) is 81.4 Å². The second-order valence-corrected chi connectivity index (χ2v) is 9.13.